The van der Waals surface area contributed by atoms with Crippen LogP contribution in [0.3, 0.4) is 0 Å². The second-order valence-electron chi connectivity index (χ2n) is 7.87. The van der Waals surface area contributed by atoms with Gasteiger partial charge in [-0.2, -0.15) is 0 Å². The predicted octanol–water partition coefficient (Wildman–Crippen LogP) is 5.02. The van der Waals surface area contributed by atoms with Gasteiger partial charge in [-0.25, -0.2) is 4.98 Å². The third-order valence-corrected chi connectivity index (χ3v) is 5.67. The molecule has 1 saturated heterocycles. The molecule has 4 rings (SSSR count). The number of nitrogens with one attached hydrogen (secondary N) is 1. The van der Waals surface area contributed by atoms with Gasteiger partial charge in [-0.1, -0.05) is 31.0 Å². The quantitative estimate of drug-likeness (QED) is 0.654. The maximum absolute atomic E-state index is 12.8. The lowest BCUT2D eigenvalue weighted by Gasteiger charge is -2.21. The molecule has 1 amide bonds. The van der Waals surface area contributed by atoms with Crippen LogP contribution in [0.2, 0.25) is 0 Å². The molecule has 3 heterocycles. The Morgan fingerprint density at radius 3 is 2.50 bits per heavy atom. The molecule has 1 unspecified atom stereocenters. The van der Waals surface area contributed by atoms with Crippen molar-refractivity contribution in [1.82, 2.24) is 15.3 Å². The van der Waals surface area contributed by atoms with Crippen LogP contribution in [0.5, 0.6) is 0 Å². The highest BCUT2D eigenvalue weighted by Gasteiger charge is 2.14. The maximum atomic E-state index is 12.8. The van der Waals surface area contributed by atoms with E-state index in [1.165, 1.54) is 25.7 Å². The zero-order chi connectivity index (χ0) is 20.8. The summed E-state index contributed by atoms with van der Waals surface area (Å²) in [5, 5.41) is 3.05. The van der Waals surface area contributed by atoms with Gasteiger partial charge in [0.05, 0.1) is 6.04 Å². The van der Waals surface area contributed by atoms with Crippen LogP contribution in [0.4, 0.5) is 5.82 Å². The summed E-state index contributed by atoms with van der Waals surface area (Å²) in [5.41, 5.74) is 3.63. The molecule has 1 aliphatic heterocycles. The first kappa shape index (κ1) is 20.1. The fourth-order valence-corrected chi connectivity index (χ4v) is 3.88. The van der Waals surface area contributed by atoms with E-state index in [4.69, 9.17) is 4.98 Å². The van der Waals surface area contributed by atoms with Gasteiger partial charge in [0, 0.05) is 42.8 Å². The summed E-state index contributed by atoms with van der Waals surface area (Å²) in [7, 11) is 0. The molecule has 1 N–H and O–H groups in total. The monoisotopic (exact) mass is 400 g/mol. The van der Waals surface area contributed by atoms with Crippen molar-refractivity contribution in [2.45, 2.75) is 38.6 Å². The highest BCUT2D eigenvalue weighted by molar-refractivity contribution is 5.95. The average molecular weight is 401 g/mol. The number of aromatic nitrogens is 2. The van der Waals surface area contributed by atoms with Crippen LogP contribution < -0.4 is 10.2 Å². The zero-order valence-corrected chi connectivity index (χ0v) is 17.4. The number of anilines is 1. The minimum atomic E-state index is -0.107. The third-order valence-electron chi connectivity index (χ3n) is 5.67. The Morgan fingerprint density at radius 1 is 0.967 bits per heavy atom. The summed E-state index contributed by atoms with van der Waals surface area (Å²) >= 11 is 0. The Balaban J connectivity index is 1.46. The van der Waals surface area contributed by atoms with Crippen LogP contribution in [-0.4, -0.2) is 29.0 Å². The van der Waals surface area contributed by atoms with Crippen LogP contribution in [0.25, 0.3) is 11.1 Å². The number of carbonyl (C=O) groups excluding carboxylic acids is 1. The van der Waals surface area contributed by atoms with E-state index in [0.29, 0.717) is 5.56 Å². The molecule has 0 spiro atoms. The molecular formula is C25H28N4O. The second kappa shape index (κ2) is 9.53. The van der Waals surface area contributed by atoms with Gasteiger partial charge in [0.2, 0.25) is 0 Å². The van der Waals surface area contributed by atoms with Gasteiger partial charge in [0.15, 0.2) is 0 Å². The first-order valence-electron chi connectivity index (χ1n) is 10.7. The summed E-state index contributed by atoms with van der Waals surface area (Å²) < 4.78 is 0. The summed E-state index contributed by atoms with van der Waals surface area (Å²) in [6.45, 7) is 4.12. The predicted molar refractivity (Wildman–Crippen MR) is 120 cm³/mol. The first-order chi connectivity index (χ1) is 14.7. The molecule has 5 nitrogen and oxygen atoms in total. The fourth-order valence-electron chi connectivity index (χ4n) is 3.88. The Labute approximate surface area is 178 Å². The molecule has 0 saturated carbocycles. The maximum Gasteiger partial charge on any atom is 0.251 e. The lowest BCUT2D eigenvalue weighted by molar-refractivity contribution is 0.0940. The van der Waals surface area contributed by atoms with Crippen molar-refractivity contribution < 1.29 is 4.79 Å². The summed E-state index contributed by atoms with van der Waals surface area (Å²) in [4.78, 5) is 24.0. The topological polar surface area (TPSA) is 58.1 Å². The molecule has 2 aromatic heterocycles. The second-order valence-corrected chi connectivity index (χ2v) is 7.87. The summed E-state index contributed by atoms with van der Waals surface area (Å²) in [6.07, 6.45) is 10.5. The SMILES string of the molecule is CC(NC(=O)c1cccc(-c2ccc(N3CCCCCC3)nc2)c1)c1cccnc1. The molecule has 1 aromatic carbocycles. The lowest BCUT2D eigenvalue weighted by atomic mass is 10.0. The number of hydrogen-bond acceptors (Lipinski definition) is 4. The Hall–Kier alpha value is -3.21. The van der Waals surface area contributed by atoms with Crippen LogP contribution in [-0.2, 0) is 0 Å². The Morgan fingerprint density at radius 2 is 1.80 bits per heavy atom. The fraction of sp³-hybridized carbons (Fsp3) is 0.320. The number of benzene rings is 1. The van der Waals surface area contributed by atoms with Crippen molar-refractivity contribution in [2.75, 3.05) is 18.0 Å². The van der Waals surface area contributed by atoms with Crippen molar-refractivity contribution in [3.63, 3.8) is 0 Å². The van der Waals surface area contributed by atoms with Gasteiger partial charge in [-0.15, -0.1) is 0 Å². The number of rotatable bonds is 5. The van der Waals surface area contributed by atoms with Crippen molar-refractivity contribution in [2.24, 2.45) is 0 Å². The van der Waals surface area contributed by atoms with Gasteiger partial charge in [-0.3, -0.25) is 9.78 Å². The molecule has 0 radical (unpaired) electrons. The number of carbonyl (C=O) groups is 1. The van der Waals surface area contributed by atoms with Gasteiger partial charge < -0.3 is 10.2 Å². The third kappa shape index (κ3) is 4.85. The van der Waals surface area contributed by atoms with Crippen LogP contribution in [0.1, 0.15) is 54.6 Å². The average Bonchev–Trinajstić information content (AvgIpc) is 3.09. The van der Waals surface area contributed by atoms with Crippen molar-refractivity contribution in [3.8, 4) is 11.1 Å². The molecule has 3 aromatic rings. The van der Waals surface area contributed by atoms with Crippen LogP contribution >= 0.6 is 0 Å². The first-order valence-corrected chi connectivity index (χ1v) is 10.7. The lowest BCUT2D eigenvalue weighted by Crippen LogP contribution is -2.26. The van der Waals surface area contributed by atoms with E-state index < -0.39 is 0 Å². The molecule has 154 valence electrons. The smallest absolute Gasteiger partial charge is 0.251 e. The van der Waals surface area contributed by atoms with E-state index >= 15 is 0 Å². The molecule has 0 aliphatic carbocycles. The van der Waals surface area contributed by atoms with Gasteiger partial charge in [-0.05, 0) is 61.2 Å². The molecular weight excluding hydrogens is 372 g/mol. The number of amides is 1. The number of hydrogen-bond donors (Lipinski definition) is 1. The molecule has 1 aliphatic rings. The van der Waals surface area contributed by atoms with Crippen molar-refractivity contribution >= 4 is 11.7 Å². The molecule has 30 heavy (non-hydrogen) atoms. The van der Waals surface area contributed by atoms with Crippen molar-refractivity contribution in [1.29, 1.82) is 0 Å². The summed E-state index contributed by atoms with van der Waals surface area (Å²) in [6, 6.07) is 15.6. The molecule has 5 heteroatoms. The van der Waals surface area contributed by atoms with Gasteiger partial charge >= 0.3 is 0 Å². The van der Waals surface area contributed by atoms with Crippen LogP contribution in [0.15, 0.2) is 67.1 Å². The number of nitrogens with zero attached hydrogens (tertiary/aromatic N) is 3. The largest absolute Gasteiger partial charge is 0.357 e. The van der Waals surface area contributed by atoms with Gasteiger partial charge in [0.1, 0.15) is 5.82 Å². The standard InChI is InChI=1S/C25H28N4O/c1-19(22-10-7-13-26-17-22)28-25(30)21-9-6-8-20(16-21)23-11-12-24(27-18-23)29-14-4-2-3-5-15-29/h6-13,16-19H,2-5,14-15H2,1H3,(H,28,30). The van der Waals surface area contributed by atoms with E-state index in [0.717, 1.165) is 35.6 Å². The number of pyridine rings is 2. The van der Waals surface area contributed by atoms with E-state index in [1.807, 2.05) is 49.5 Å². The van der Waals surface area contributed by atoms with E-state index in [-0.39, 0.29) is 11.9 Å². The molecule has 1 fully saturated rings. The molecule has 0 bridgehead atoms. The minimum absolute atomic E-state index is 0.0950. The molecule has 1 atom stereocenters. The Bertz CT molecular complexity index is 964. The van der Waals surface area contributed by atoms with E-state index in [1.54, 1.807) is 12.4 Å². The van der Waals surface area contributed by atoms with E-state index in [2.05, 4.69) is 27.3 Å². The summed E-state index contributed by atoms with van der Waals surface area (Å²) in [5.74, 6) is 0.946. The van der Waals surface area contributed by atoms with Crippen LogP contribution in [0, 0.1) is 0 Å². The normalized spacial score (nSPS) is 15.3. The zero-order valence-electron chi connectivity index (χ0n) is 17.4. The highest BCUT2D eigenvalue weighted by atomic mass is 16.1. The minimum Gasteiger partial charge on any atom is -0.357 e. The van der Waals surface area contributed by atoms with E-state index in [9.17, 15) is 4.79 Å². The highest BCUT2D eigenvalue weighted by Crippen LogP contribution is 2.24. The van der Waals surface area contributed by atoms with Gasteiger partial charge in [0.25, 0.3) is 5.91 Å². The van der Waals surface area contributed by atoms with Crippen molar-refractivity contribution in [3.05, 3.63) is 78.2 Å². The Kier molecular flexibility index (Phi) is 6.38.